The molecule has 1 amide bonds. The van der Waals surface area contributed by atoms with Crippen molar-refractivity contribution in [3.63, 3.8) is 0 Å². The second-order valence-electron chi connectivity index (χ2n) is 7.28. The highest BCUT2D eigenvalue weighted by Gasteiger charge is 2.57. The molecular weight excluding hydrogens is 344 g/mol. The Balaban J connectivity index is 0.00000169. The summed E-state index contributed by atoms with van der Waals surface area (Å²) in [5.74, 6) is 0.319. The second kappa shape index (κ2) is 7.68. The van der Waals surface area contributed by atoms with Crippen LogP contribution in [0.25, 0.3) is 0 Å². The number of thiazole rings is 1. The summed E-state index contributed by atoms with van der Waals surface area (Å²) in [5.41, 5.74) is 0.390. The molecule has 2 N–H and O–H groups in total. The summed E-state index contributed by atoms with van der Waals surface area (Å²) < 4.78 is 0. The number of nitrogens with zero attached hydrogens (tertiary/aromatic N) is 2. The van der Waals surface area contributed by atoms with Crippen LogP contribution in [0.2, 0.25) is 0 Å². The monoisotopic (exact) mass is 370 g/mol. The molecule has 7 heteroatoms. The summed E-state index contributed by atoms with van der Waals surface area (Å²) in [6.45, 7) is 3.95. The van der Waals surface area contributed by atoms with Gasteiger partial charge in [-0.05, 0) is 57.2 Å². The Morgan fingerprint density at radius 2 is 2.21 bits per heavy atom. The Labute approximate surface area is 154 Å². The van der Waals surface area contributed by atoms with Crippen molar-refractivity contribution in [2.45, 2.75) is 57.2 Å². The predicted molar refractivity (Wildman–Crippen MR) is 98.5 cm³/mol. The van der Waals surface area contributed by atoms with Crippen molar-refractivity contribution in [2.24, 2.45) is 5.41 Å². The molecule has 1 saturated carbocycles. The lowest BCUT2D eigenvalue weighted by Gasteiger charge is -2.30. The summed E-state index contributed by atoms with van der Waals surface area (Å²) in [4.78, 5) is 19.5. The standard InChI is InChI=1S/C17H26N4OS.ClH/c22-16(10-13-2-1-5-19-13)21(12-15-20-8-9-23-15)14-11-17(14)3-6-18-7-4-17;/h8-9,13-14,18-19H,1-7,10-12H2;1H. The van der Waals surface area contributed by atoms with Gasteiger partial charge in [-0.1, -0.05) is 0 Å². The van der Waals surface area contributed by atoms with Crippen LogP contribution in [-0.2, 0) is 11.3 Å². The average Bonchev–Trinajstić information content (AvgIpc) is 2.99. The molecule has 2 aliphatic heterocycles. The van der Waals surface area contributed by atoms with Gasteiger partial charge in [0.1, 0.15) is 5.01 Å². The third-order valence-electron chi connectivity index (χ3n) is 5.81. The maximum absolute atomic E-state index is 13.0. The SMILES string of the molecule is Cl.O=C(CC1CCCN1)N(Cc1nccs1)C1CC12CCNCC2. The number of nitrogens with one attached hydrogen (secondary N) is 2. The van der Waals surface area contributed by atoms with E-state index in [-0.39, 0.29) is 12.4 Å². The quantitative estimate of drug-likeness (QED) is 0.834. The van der Waals surface area contributed by atoms with E-state index in [1.807, 2.05) is 11.6 Å². The van der Waals surface area contributed by atoms with Crippen LogP contribution in [0.4, 0.5) is 0 Å². The second-order valence-corrected chi connectivity index (χ2v) is 8.26. The Morgan fingerprint density at radius 3 is 2.88 bits per heavy atom. The van der Waals surface area contributed by atoms with Crippen molar-refractivity contribution < 1.29 is 4.79 Å². The van der Waals surface area contributed by atoms with Crippen LogP contribution in [0.15, 0.2) is 11.6 Å². The van der Waals surface area contributed by atoms with Crippen molar-refractivity contribution in [3.8, 4) is 0 Å². The van der Waals surface area contributed by atoms with Gasteiger partial charge in [-0.2, -0.15) is 0 Å². The molecule has 0 aromatic carbocycles. The highest BCUT2D eigenvalue weighted by atomic mass is 35.5. The fourth-order valence-corrected chi connectivity index (χ4v) is 4.95. The van der Waals surface area contributed by atoms with Gasteiger partial charge in [-0.25, -0.2) is 4.98 Å². The maximum Gasteiger partial charge on any atom is 0.224 e. The molecule has 1 aromatic rings. The topological polar surface area (TPSA) is 57.3 Å². The summed E-state index contributed by atoms with van der Waals surface area (Å²) >= 11 is 1.66. The van der Waals surface area contributed by atoms with Crippen LogP contribution < -0.4 is 10.6 Å². The van der Waals surface area contributed by atoms with E-state index in [9.17, 15) is 4.79 Å². The van der Waals surface area contributed by atoms with E-state index in [0.29, 0.717) is 36.4 Å². The van der Waals surface area contributed by atoms with Crippen LogP contribution in [0.3, 0.4) is 0 Å². The van der Waals surface area contributed by atoms with E-state index >= 15 is 0 Å². The first-order chi connectivity index (χ1) is 11.3. The number of amides is 1. The molecule has 2 saturated heterocycles. The number of carbonyl (C=O) groups is 1. The van der Waals surface area contributed by atoms with Gasteiger partial charge in [0, 0.05) is 30.1 Å². The first-order valence-corrected chi connectivity index (χ1v) is 9.77. The molecule has 24 heavy (non-hydrogen) atoms. The molecular formula is C17H27ClN4OS. The predicted octanol–water partition coefficient (Wildman–Crippen LogP) is 2.18. The Bertz CT molecular complexity index is 541. The van der Waals surface area contributed by atoms with Gasteiger partial charge in [0.25, 0.3) is 0 Å². The van der Waals surface area contributed by atoms with E-state index < -0.39 is 0 Å². The van der Waals surface area contributed by atoms with Gasteiger partial charge >= 0.3 is 0 Å². The third kappa shape index (κ3) is 3.77. The molecule has 2 unspecified atom stereocenters. The molecule has 1 aliphatic carbocycles. The minimum atomic E-state index is 0. The molecule has 1 aromatic heterocycles. The smallest absolute Gasteiger partial charge is 0.224 e. The van der Waals surface area contributed by atoms with Crippen LogP contribution in [0.1, 0.15) is 43.5 Å². The number of piperidine rings is 1. The number of halogens is 1. The van der Waals surface area contributed by atoms with Crippen molar-refractivity contribution >= 4 is 29.7 Å². The molecule has 1 spiro atoms. The number of rotatable bonds is 5. The first kappa shape index (κ1) is 18.1. The number of hydrogen-bond acceptors (Lipinski definition) is 5. The van der Waals surface area contributed by atoms with Gasteiger partial charge in [0.2, 0.25) is 5.91 Å². The minimum absolute atomic E-state index is 0. The highest BCUT2D eigenvalue weighted by molar-refractivity contribution is 7.09. The van der Waals surface area contributed by atoms with Gasteiger partial charge in [-0.15, -0.1) is 23.7 Å². The van der Waals surface area contributed by atoms with Gasteiger partial charge in [0.15, 0.2) is 0 Å². The normalized spacial score (nSPS) is 27.7. The lowest BCUT2D eigenvalue weighted by Crippen LogP contribution is -2.41. The molecule has 0 radical (unpaired) electrons. The Kier molecular flexibility index (Phi) is 5.80. The summed E-state index contributed by atoms with van der Waals surface area (Å²) in [5, 5.41) is 9.98. The van der Waals surface area contributed by atoms with Crippen LogP contribution in [0, 0.1) is 5.41 Å². The zero-order valence-electron chi connectivity index (χ0n) is 14.0. The zero-order valence-corrected chi connectivity index (χ0v) is 15.6. The molecule has 3 heterocycles. The van der Waals surface area contributed by atoms with Crippen LogP contribution >= 0.6 is 23.7 Å². The minimum Gasteiger partial charge on any atom is -0.332 e. The zero-order chi connectivity index (χ0) is 15.7. The van der Waals surface area contributed by atoms with Gasteiger partial charge in [-0.3, -0.25) is 4.79 Å². The van der Waals surface area contributed by atoms with E-state index in [0.717, 1.165) is 31.1 Å². The molecule has 134 valence electrons. The van der Waals surface area contributed by atoms with Crippen molar-refractivity contribution in [1.82, 2.24) is 20.5 Å². The van der Waals surface area contributed by atoms with Crippen LogP contribution in [-0.4, -0.2) is 47.5 Å². The Hall–Kier alpha value is -0.690. The van der Waals surface area contributed by atoms with Crippen molar-refractivity contribution in [1.29, 1.82) is 0 Å². The van der Waals surface area contributed by atoms with E-state index in [1.54, 1.807) is 11.3 Å². The van der Waals surface area contributed by atoms with Crippen LogP contribution in [0.5, 0.6) is 0 Å². The van der Waals surface area contributed by atoms with E-state index in [4.69, 9.17) is 0 Å². The average molecular weight is 371 g/mol. The van der Waals surface area contributed by atoms with E-state index in [1.165, 1.54) is 25.7 Å². The molecule has 4 rings (SSSR count). The molecule has 3 fully saturated rings. The molecule has 2 atom stereocenters. The lowest BCUT2D eigenvalue weighted by molar-refractivity contribution is -0.133. The maximum atomic E-state index is 13.0. The third-order valence-corrected chi connectivity index (χ3v) is 6.58. The van der Waals surface area contributed by atoms with Crippen molar-refractivity contribution in [2.75, 3.05) is 19.6 Å². The van der Waals surface area contributed by atoms with E-state index in [2.05, 4.69) is 20.5 Å². The Morgan fingerprint density at radius 1 is 1.38 bits per heavy atom. The van der Waals surface area contributed by atoms with Gasteiger partial charge < -0.3 is 15.5 Å². The molecule has 3 aliphatic rings. The van der Waals surface area contributed by atoms with Crippen molar-refractivity contribution in [3.05, 3.63) is 16.6 Å². The number of carbonyl (C=O) groups excluding carboxylic acids is 1. The number of hydrogen-bond donors (Lipinski definition) is 2. The molecule has 5 nitrogen and oxygen atoms in total. The van der Waals surface area contributed by atoms with Gasteiger partial charge in [0.05, 0.1) is 6.54 Å². The first-order valence-electron chi connectivity index (χ1n) is 8.89. The fraction of sp³-hybridized carbons (Fsp3) is 0.765. The number of aromatic nitrogens is 1. The summed E-state index contributed by atoms with van der Waals surface area (Å²) in [6.07, 6.45) is 8.43. The summed E-state index contributed by atoms with van der Waals surface area (Å²) in [7, 11) is 0. The highest BCUT2D eigenvalue weighted by Crippen LogP contribution is 2.56. The molecule has 0 bridgehead atoms. The largest absolute Gasteiger partial charge is 0.332 e. The summed E-state index contributed by atoms with van der Waals surface area (Å²) in [6, 6.07) is 0.812. The fourth-order valence-electron chi connectivity index (χ4n) is 4.34. The lowest BCUT2D eigenvalue weighted by atomic mass is 9.93.